The predicted octanol–water partition coefficient (Wildman–Crippen LogP) is 2.26. The Bertz CT molecular complexity index is 486. The van der Waals surface area contributed by atoms with Crippen LogP contribution in [0.15, 0.2) is 23.8 Å². The molecule has 1 atom stereocenters. The van der Waals surface area contributed by atoms with E-state index in [1.54, 1.807) is 0 Å². The van der Waals surface area contributed by atoms with Gasteiger partial charge in [0.05, 0.1) is 23.0 Å². The van der Waals surface area contributed by atoms with Crippen LogP contribution in [-0.4, -0.2) is 15.1 Å². The molecule has 0 fully saturated rings. The lowest BCUT2D eigenvalue weighted by Gasteiger charge is -2.09. The van der Waals surface area contributed by atoms with Crippen molar-refractivity contribution < 1.29 is 9.50 Å². The van der Waals surface area contributed by atoms with Crippen LogP contribution in [0.3, 0.4) is 0 Å². The van der Waals surface area contributed by atoms with Gasteiger partial charge in [-0.15, -0.1) is 11.3 Å². The van der Waals surface area contributed by atoms with Gasteiger partial charge in [0.15, 0.2) is 0 Å². The van der Waals surface area contributed by atoms with E-state index in [-0.39, 0.29) is 5.56 Å². The van der Waals surface area contributed by atoms with Crippen LogP contribution in [-0.2, 0) is 6.42 Å². The van der Waals surface area contributed by atoms with Gasteiger partial charge in [-0.3, -0.25) is 4.98 Å². The average molecular weight is 238 g/mol. The summed E-state index contributed by atoms with van der Waals surface area (Å²) in [5.41, 5.74) is 1.05. The van der Waals surface area contributed by atoms with Gasteiger partial charge in [-0.1, -0.05) is 0 Å². The van der Waals surface area contributed by atoms with Gasteiger partial charge < -0.3 is 5.11 Å². The Morgan fingerprint density at radius 3 is 3.00 bits per heavy atom. The summed E-state index contributed by atoms with van der Waals surface area (Å²) >= 11 is 1.52. The first-order chi connectivity index (χ1) is 7.66. The first kappa shape index (κ1) is 11.2. The van der Waals surface area contributed by atoms with Crippen molar-refractivity contribution in [2.75, 3.05) is 0 Å². The van der Waals surface area contributed by atoms with Gasteiger partial charge >= 0.3 is 0 Å². The van der Waals surface area contributed by atoms with Crippen LogP contribution in [0.25, 0.3) is 0 Å². The second-order valence-corrected chi connectivity index (χ2v) is 4.54. The standard InChI is InChI=1S/C11H11FN2OS/c1-7-14-8(6-16-7)4-11(15)9-2-3-13-5-10(9)12/h2-3,5-6,11,15H,4H2,1H3. The van der Waals surface area contributed by atoms with Crippen molar-refractivity contribution in [3.8, 4) is 0 Å². The Balaban J connectivity index is 2.14. The van der Waals surface area contributed by atoms with Gasteiger partial charge in [-0.2, -0.15) is 0 Å². The highest BCUT2D eigenvalue weighted by molar-refractivity contribution is 7.09. The molecule has 2 rings (SSSR count). The minimum absolute atomic E-state index is 0.264. The molecule has 0 spiro atoms. The second-order valence-electron chi connectivity index (χ2n) is 3.47. The van der Waals surface area contributed by atoms with Crippen molar-refractivity contribution >= 4 is 11.3 Å². The van der Waals surface area contributed by atoms with E-state index in [0.29, 0.717) is 6.42 Å². The van der Waals surface area contributed by atoms with Crippen molar-refractivity contribution in [2.45, 2.75) is 19.4 Å². The molecule has 1 N–H and O–H groups in total. The predicted molar refractivity (Wildman–Crippen MR) is 59.7 cm³/mol. The molecular formula is C11H11FN2OS. The summed E-state index contributed by atoms with van der Waals surface area (Å²) in [4.78, 5) is 7.87. The number of aryl methyl sites for hydroxylation is 1. The van der Waals surface area contributed by atoms with Crippen molar-refractivity contribution in [3.05, 3.63) is 45.9 Å². The molecule has 2 aromatic rings. The Kier molecular flexibility index (Phi) is 3.26. The summed E-state index contributed by atoms with van der Waals surface area (Å²) in [7, 11) is 0. The molecule has 0 aliphatic rings. The van der Waals surface area contributed by atoms with Crippen LogP contribution in [0.5, 0.6) is 0 Å². The van der Waals surface area contributed by atoms with E-state index in [2.05, 4.69) is 9.97 Å². The molecule has 3 nitrogen and oxygen atoms in total. The molecule has 0 amide bonds. The number of aliphatic hydroxyl groups excluding tert-OH is 1. The summed E-state index contributed by atoms with van der Waals surface area (Å²) in [5, 5.41) is 12.7. The Morgan fingerprint density at radius 2 is 2.38 bits per heavy atom. The van der Waals surface area contributed by atoms with Crippen molar-refractivity contribution in [3.63, 3.8) is 0 Å². The van der Waals surface area contributed by atoms with E-state index < -0.39 is 11.9 Å². The number of rotatable bonds is 3. The number of aliphatic hydroxyl groups is 1. The maximum Gasteiger partial charge on any atom is 0.147 e. The van der Waals surface area contributed by atoms with Crippen molar-refractivity contribution in [2.24, 2.45) is 0 Å². The first-order valence-corrected chi connectivity index (χ1v) is 5.73. The van der Waals surface area contributed by atoms with E-state index in [4.69, 9.17) is 0 Å². The Labute approximate surface area is 96.6 Å². The molecule has 84 valence electrons. The highest BCUT2D eigenvalue weighted by atomic mass is 32.1. The molecule has 1 unspecified atom stereocenters. The minimum Gasteiger partial charge on any atom is -0.388 e. The SMILES string of the molecule is Cc1nc(CC(O)c2ccncc2F)cs1. The summed E-state index contributed by atoms with van der Waals surface area (Å²) in [6.45, 7) is 1.90. The molecule has 16 heavy (non-hydrogen) atoms. The second kappa shape index (κ2) is 4.67. The summed E-state index contributed by atoms with van der Waals surface area (Å²) in [6, 6.07) is 1.49. The zero-order chi connectivity index (χ0) is 11.5. The first-order valence-electron chi connectivity index (χ1n) is 4.85. The lowest BCUT2D eigenvalue weighted by atomic mass is 10.1. The molecule has 2 heterocycles. The molecule has 0 bridgehead atoms. The average Bonchev–Trinajstić information content (AvgIpc) is 2.64. The molecular weight excluding hydrogens is 227 g/mol. The third kappa shape index (κ3) is 2.43. The van der Waals surface area contributed by atoms with Crippen LogP contribution in [0.4, 0.5) is 4.39 Å². The Hall–Kier alpha value is -1.33. The maximum atomic E-state index is 13.3. The van der Waals surface area contributed by atoms with Crippen molar-refractivity contribution in [1.29, 1.82) is 0 Å². The monoisotopic (exact) mass is 238 g/mol. The summed E-state index contributed by atoms with van der Waals surface area (Å²) in [5.74, 6) is -0.484. The molecule has 0 radical (unpaired) electrons. The van der Waals surface area contributed by atoms with Gasteiger partial charge in [0.1, 0.15) is 5.82 Å². The number of nitrogens with zero attached hydrogens (tertiary/aromatic N) is 2. The molecule has 2 aromatic heterocycles. The Morgan fingerprint density at radius 1 is 1.56 bits per heavy atom. The van der Waals surface area contributed by atoms with Crippen LogP contribution in [0, 0.1) is 12.7 Å². The number of halogens is 1. The summed E-state index contributed by atoms with van der Waals surface area (Å²) < 4.78 is 13.3. The maximum absolute atomic E-state index is 13.3. The summed E-state index contributed by atoms with van der Waals surface area (Å²) in [6.07, 6.45) is 2.02. The third-order valence-corrected chi connectivity index (χ3v) is 3.05. The normalized spacial score (nSPS) is 12.7. The number of pyridine rings is 1. The van der Waals surface area contributed by atoms with Gasteiger partial charge in [-0.05, 0) is 13.0 Å². The fraction of sp³-hybridized carbons (Fsp3) is 0.273. The largest absolute Gasteiger partial charge is 0.388 e. The van der Waals surface area contributed by atoms with Crippen LogP contribution in [0.1, 0.15) is 22.4 Å². The number of thiazole rings is 1. The molecule has 0 aliphatic carbocycles. The zero-order valence-electron chi connectivity index (χ0n) is 8.72. The van der Waals surface area contributed by atoms with Gasteiger partial charge in [0.2, 0.25) is 0 Å². The molecule has 5 heteroatoms. The number of hydrogen-bond donors (Lipinski definition) is 1. The fourth-order valence-electron chi connectivity index (χ4n) is 1.47. The smallest absolute Gasteiger partial charge is 0.147 e. The lowest BCUT2D eigenvalue weighted by Crippen LogP contribution is -2.05. The topological polar surface area (TPSA) is 46.0 Å². The van der Waals surface area contributed by atoms with Crippen LogP contribution < -0.4 is 0 Å². The number of hydrogen-bond acceptors (Lipinski definition) is 4. The van der Waals surface area contributed by atoms with Gasteiger partial charge in [-0.25, -0.2) is 9.37 Å². The molecule has 0 aliphatic heterocycles. The molecule has 0 saturated carbocycles. The minimum atomic E-state index is -0.871. The van der Waals surface area contributed by atoms with Crippen molar-refractivity contribution in [1.82, 2.24) is 9.97 Å². The van der Waals surface area contributed by atoms with Gasteiger partial charge in [0, 0.05) is 23.6 Å². The molecule has 0 saturated heterocycles. The quantitative estimate of drug-likeness (QED) is 0.892. The lowest BCUT2D eigenvalue weighted by molar-refractivity contribution is 0.172. The van der Waals surface area contributed by atoms with E-state index in [1.165, 1.54) is 23.6 Å². The van der Waals surface area contributed by atoms with E-state index in [0.717, 1.165) is 16.9 Å². The number of aromatic nitrogens is 2. The fourth-order valence-corrected chi connectivity index (χ4v) is 2.09. The van der Waals surface area contributed by atoms with E-state index in [1.807, 2.05) is 12.3 Å². The highest BCUT2D eigenvalue weighted by Gasteiger charge is 2.14. The van der Waals surface area contributed by atoms with Crippen LogP contribution in [0.2, 0.25) is 0 Å². The third-order valence-electron chi connectivity index (χ3n) is 2.23. The van der Waals surface area contributed by atoms with E-state index >= 15 is 0 Å². The van der Waals surface area contributed by atoms with E-state index in [9.17, 15) is 9.50 Å². The molecule has 0 aromatic carbocycles. The van der Waals surface area contributed by atoms with Crippen LogP contribution >= 0.6 is 11.3 Å². The zero-order valence-corrected chi connectivity index (χ0v) is 9.54. The highest BCUT2D eigenvalue weighted by Crippen LogP contribution is 2.21. The van der Waals surface area contributed by atoms with Gasteiger partial charge in [0.25, 0.3) is 0 Å².